The fraction of sp³-hybridized carbons (Fsp3) is 0.556. The monoisotopic (exact) mass is 331 g/mol. The van der Waals surface area contributed by atoms with Crippen LogP contribution in [-0.2, 0) is 13.1 Å². The van der Waals surface area contributed by atoms with Crippen LogP contribution in [0.15, 0.2) is 30.9 Å². The fourth-order valence-electron chi connectivity index (χ4n) is 3.14. The van der Waals surface area contributed by atoms with Gasteiger partial charge in [-0.15, -0.1) is 0 Å². The number of hydrogen-bond donors (Lipinski definition) is 1. The molecule has 2 aromatic rings. The molecule has 1 saturated carbocycles. The lowest BCUT2D eigenvalue weighted by Gasteiger charge is -2.22. The lowest BCUT2D eigenvalue weighted by Crippen LogP contribution is -2.35. The smallest absolute Gasteiger partial charge is 0.146 e. The highest BCUT2D eigenvalue weighted by molar-refractivity contribution is 5.49. The van der Waals surface area contributed by atoms with Crippen molar-refractivity contribution in [2.45, 2.75) is 45.8 Å². The molecule has 5 nitrogen and oxygen atoms in total. The van der Waals surface area contributed by atoms with Gasteiger partial charge in [-0.2, -0.15) is 5.10 Å². The van der Waals surface area contributed by atoms with Gasteiger partial charge in [-0.25, -0.2) is 9.37 Å². The van der Waals surface area contributed by atoms with Crippen LogP contribution in [0.1, 0.15) is 32.3 Å². The van der Waals surface area contributed by atoms with Crippen molar-refractivity contribution in [3.63, 3.8) is 0 Å². The zero-order valence-corrected chi connectivity index (χ0v) is 14.5. The summed E-state index contributed by atoms with van der Waals surface area (Å²) in [5.41, 5.74) is 1.66. The number of nitrogens with one attached hydrogen (secondary N) is 1. The summed E-state index contributed by atoms with van der Waals surface area (Å²) in [5.74, 6) is 0.547. The number of halogens is 1. The van der Waals surface area contributed by atoms with Gasteiger partial charge in [0.1, 0.15) is 18.5 Å². The average Bonchev–Trinajstić information content (AvgIpc) is 3.31. The van der Waals surface area contributed by atoms with E-state index in [1.54, 1.807) is 18.7 Å². The van der Waals surface area contributed by atoms with E-state index in [4.69, 9.17) is 0 Å². The summed E-state index contributed by atoms with van der Waals surface area (Å²) in [7, 11) is 0. The van der Waals surface area contributed by atoms with Crippen molar-refractivity contribution in [1.82, 2.24) is 20.1 Å². The second-order valence-electron chi connectivity index (χ2n) is 6.40. The van der Waals surface area contributed by atoms with Crippen LogP contribution >= 0.6 is 0 Å². The summed E-state index contributed by atoms with van der Waals surface area (Å²) in [6, 6.07) is 5.92. The molecule has 0 spiro atoms. The normalized spacial score (nSPS) is 15.5. The van der Waals surface area contributed by atoms with Gasteiger partial charge >= 0.3 is 0 Å². The van der Waals surface area contributed by atoms with E-state index in [0.29, 0.717) is 24.2 Å². The van der Waals surface area contributed by atoms with Crippen LogP contribution < -0.4 is 10.2 Å². The number of aromatic nitrogens is 3. The number of anilines is 1. The maximum atomic E-state index is 14.4. The predicted molar refractivity (Wildman–Crippen MR) is 93.3 cm³/mol. The van der Waals surface area contributed by atoms with Gasteiger partial charge in [-0.05, 0) is 50.3 Å². The molecule has 1 heterocycles. The molecule has 1 N–H and O–H groups in total. The Morgan fingerprint density at radius 2 is 2.12 bits per heavy atom. The topological polar surface area (TPSA) is 46.0 Å². The number of rotatable bonds is 9. The molecule has 0 aliphatic heterocycles. The van der Waals surface area contributed by atoms with E-state index in [9.17, 15) is 4.39 Å². The zero-order valence-electron chi connectivity index (χ0n) is 14.5. The van der Waals surface area contributed by atoms with Crippen LogP contribution in [0, 0.1) is 11.7 Å². The van der Waals surface area contributed by atoms with E-state index in [2.05, 4.69) is 15.4 Å². The average molecular weight is 331 g/mol. The Bertz CT molecular complexity index is 635. The van der Waals surface area contributed by atoms with Gasteiger partial charge in [-0.1, -0.05) is 6.07 Å². The fourth-order valence-corrected chi connectivity index (χ4v) is 3.14. The Labute approximate surface area is 142 Å². The van der Waals surface area contributed by atoms with E-state index >= 15 is 0 Å². The second kappa shape index (κ2) is 7.75. The van der Waals surface area contributed by atoms with E-state index in [1.807, 2.05) is 35.6 Å². The minimum atomic E-state index is -0.141. The predicted octanol–water partition coefficient (Wildman–Crippen LogP) is 2.83. The van der Waals surface area contributed by atoms with Gasteiger partial charge in [0.15, 0.2) is 0 Å². The molecular formula is C18H26FN5. The summed E-state index contributed by atoms with van der Waals surface area (Å²) in [5, 5.41) is 7.76. The molecule has 0 amide bonds. The third-order valence-corrected chi connectivity index (χ3v) is 4.73. The molecule has 6 heteroatoms. The first-order valence-corrected chi connectivity index (χ1v) is 8.80. The van der Waals surface area contributed by atoms with Crippen molar-refractivity contribution in [2.24, 2.45) is 5.92 Å². The summed E-state index contributed by atoms with van der Waals surface area (Å²) >= 11 is 0. The summed E-state index contributed by atoms with van der Waals surface area (Å²) in [4.78, 5) is 6.03. The zero-order chi connectivity index (χ0) is 16.9. The summed E-state index contributed by atoms with van der Waals surface area (Å²) in [6.45, 7) is 7.20. The molecule has 1 aromatic carbocycles. The third-order valence-electron chi connectivity index (χ3n) is 4.73. The lowest BCUT2D eigenvalue weighted by molar-refractivity contribution is 0.387. The number of hydrogen-bond acceptors (Lipinski definition) is 4. The van der Waals surface area contributed by atoms with Crippen LogP contribution in [0.5, 0.6) is 0 Å². The van der Waals surface area contributed by atoms with Crippen molar-refractivity contribution in [1.29, 1.82) is 0 Å². The second-order valence-corrected chi connectivity index (χ2v) is 6.40. The molecule has 24 heavy (non-hydrogen) atoms. The molecule has 3 rings (SSSR count). The van der Waals surface area contributed by atoms with Gasteiger partial charge in [0.25, 0.3) is 0 Å². The SMILES string of the molecule is CCN(CC)c1ccc(CN[C@@H](Cn2cncn2)C2CC2)cc1F. The van der Waals surface area contributed by atoms with Gasteiger partial charge < -0.3 is 10.2 Å². The van der Waals surface area contributed by atoms with Crippen LogP contribution in [0.2, 0.25) is 0 Å². The van der Waals surface area contributed by atoms with Crippen LogP contribution in [0.4, 0.5) is 10.1 Å². The number of benzene rings is 1. The van der Waals surface area contributed by atoms with Crippen molar-refractivity contribution >= 4 is 5.69 Å². The maximum absolute atomic E-state index is 14.4. The maximum Gasteiger partial charge on any atom is 0.146 e. The third kappa shape index (κ3) is 4.12. The van der Waals surface area contributed by atoms with Gasteiger partial charge in [0.05, 0.1) is 12.2 Å². The van der Waals surface area contributed by atoms with E-state index in [-0.39, 0.29) is 5.82 Å². The molecule has 0 radical (unpaired) electrons. The van der Waals surface area contributed by atoms with Gasteiger partial charge in [0, 0.05) is 25.7 Å². The molecule has 0 saturated heterocycles. The van der Waals surface area contributed by atoms with Crippen LogP contribution in [0.25, 0.3) is 0 Å². The summed E-state index contributed by atoms with van der Waals surface area (Å²) < 4.78 is 16.2. The highest BCUT2D eigenvalue weighted by Gasteiger charge is 2.31. The van der Waals surface area contributed by atoms with E-state index < -0.39 is 0 Å². The van der Waals surface area contributed by atoms with Gasteiger partial charge in [-0.3, -0.25) is 4.68 Å². The highest BCUT2D eigenvalue weighted by Crippen LogP contribution is 2.33. The van der Waals surface area contributed by atoms with Gasteiger partial charge in [0.2, 0.25) is 0 Å². The Balaban J connectivity index is 1.61. The first-order chi connectivity index (χ1) is 11.7. The largest absolute Gasteiger partial charge is 0.370 e. The first kappa shape index (κ1) is 16.9. The van der Waals surface area contributed by atoms with E-state index in [0.717, 1.165) is 25.2 Å². The molecule has 130 valence electrons. The van der Waals surface area contributed by atoms with Crippen molar-refractivity contribution in [3.8, 4) is 0 Å². The lowest BCUT2D eigenvalue weighted by atomic mass is 10.1. The molecule has 1 aliphatic rings. The molecule has 0 bridgehead atoms. The Kier molecular flexibility index (Phi) is 5.45. The minimum Gasteiger partial charge on any atom is -0.370 e. The molecule has 1 aliphatic carbocycles. The van der Waals surface area contributed by atoms with Crippen LogP contribution in [0.3, 0.4) is 0 Å². The standard InChI is InChI=1S/C18H26FN5/c1-3-23(4-2)18-8-5-14(9-16(18)19)10-21-17(15-6-7-15)11-24-13-20-12-22-24/h5,8-9,12-13,15,17,21H,3-4,6-7,10-11H2,1-2H3/t17-/m0/s1. The Morgan fingerprint density at radius 3 is 2.71 bits per heavy atom. The minimum absolute atomic E-state index is 0.141. The molecule has 1 atom stereocenters. The van der Waals surface area contributed by atoms with Crippen LogP contribution in [-0.4, -0.2) is 33.9 Å². The van der Waals surface area contributed by atoms with Crippen molar-refractivity contribution < 1.29 is 4.39 Å². The highest BCUT2D eigenvalue weighted by atomic mass is 19.1. The Morgan fingerprint density at radius 1 is 1.33 bits per heavy atom. The summed E-state index contributed by atoms with van der Waals surface area (Å²) in [6.07, 6.45) is 5.81. The molecule has 0 unspecified atom stereocenters. The number of nitrogens with zero attached hydrogens (tertiary/aromatic N) is 4. The Hall–Kier alpha value is -1.95. The van der Waals surface area contributed by atoms with Crippen molar-refractivity contribution in [2.75, 3.05) is 18.0 Å². The van der Waals surface area contributed by atoms with Crippen molar-refractivity contribution in [3.05, 3.63) is 42.2 Å². The molecule has 1 aromatic heterocycles. The van der Waals surface area contributed by atoms with E-state index in [1.165, 1.54) is 12.8 Å². The first-order valence-electron chi connectivity index (χ1n) is 8.80. The molecular weight excluding hydrogens is 305 g/mol. The molecule has 1 fully saturated rings. The quantitative estimate of drug-likeness (QED) is 0.767.